The van der Waals surface area contributed by atoms with Gasteiger partial charge in [0.2, 0.25) is 16.1 Å². The van der Waals surface area contributed by atoms with Gasteiger partial charge >= 0.3 is 5.97 Å². The summed E-state index contributed by atoms with van der Waals surface area (Å²) in [7, 11) is -0.527. The molecule has 0 radical (unpaired) electrons. The lowest BCUT2D eigenvalue weighted by atomic mass is 10.1. The molecule has 1 amide bonds. The molecular weight excluding hydrogens is 466 g/mol. The molecule has 8 nitrogen and oxygen atoms in total. The van der Waals surface area contributed by atoms with Gasteiger partial charge < -0.3 is 14.5 Å². The van der Waals surface area contributed by atoms with Gasteiger partial charge in [0.1, 0.15) is 0 Å². The van der Waals surface area contributed by atoms with Crippen LogP contribution >= 0.6 is 0 Å². The molecule has 2 fully saturated rings. The summed E-state index contributed by atoms with van der Waals surface area (Å²) in [5.74, 6) is -1.09. The second kappa shape index (κ2) is 10.8. The SMILES string of the molecule is CN(C)C(=O)[C@H](OC(=O)c1cc(S(=O)(=O)N2CCCCC2)ccc1N1CCCC1)c1ccccc1. The average Bonchev–Trinajstić information content (AvgIpc) is 3.42. The molecule has 0 unspecified atom stereocenters. The highest BCUT2D eigenvalue weighted by Crippen LogP contribution is 2.31. The number of likely N-dealkylation sites (N-methyl/N-ethyl adjacent to an activating group) is 1. The second-order valence-corrected chi connectivity index (χ2v) is 11.2. The summed E-state index contributed by atoms with van der Waals surface area (Å²) in [4.78, 5) is 30.0. The van der Waals surface area contributed by atoms with Crippen molar-refractivity contribution in [2.75, 3.05) is 45.2 Å². The van der Waals surface area contributed by atoms with Crippen LogP contribution in [0, 0.1) is 0 Å². The van der Waals surface area contributed by atoms with Crippen molar-refractivity contribution < 1.29 is 22.7 Å². The van der Waals surface area contributed by atoms with Crippen LogP contribution in [0.5, 0.6) is 0 Å². The van der Waals surface area contributed by atoms with Gasteiger partial charge in [0.05, 0.1) is 16.1 Å². The maximum atomic E-state index is 13.6. The summed E-state index contributed by atoms with van der Waals surface area (Å²) in [6.07, 6.45) is 3.52. The van der Waals surface area contributed by atoms with E-state index in [1.807, 2.05) is 6.07 Å². The number of hydrogen-bond acceptors (Lipinski definition) is 6. The molecule has 0 saturated carbocycles. The van der Waals surface area contributed by atoms with E-state index in [9.17, 15) is 18.0 Å². The number of anilines is 1. The number of hydrogen-bond donors (Lipinski definition) is 0. The number of esters is 1. The standard InChI is InChI=1S/C26H33N3O5S/c1-27(2)25(30)24(20-11-5-3-6-12-20)34-26(31)22-19-21(13-14-23(22)28-15-9-10-16-28)35(32,33)29-17-7-4-8-18-29/h3,5-6,11-14,19,24H,4,7-10,15-18H2,1-2H3/t24-/m1/s1. The van der Waals surface area contributed by atoms with Crippen molar-refractivity contribution in [1.29, 1.82) is 0 Å². The fourth-order valence-electron chi connectivity index (χ4n) is 4.62. The van der Waals surface area contributed by atoms with Crippen LogP contribution in [0.2, 0.25) is 0 Å². The van der Waals surface area contributed by atoms with E-state index in [-0.39, 0.29) is 16.4 Å². The molecule has 2 saturated heterocycles. The predicted molar refractivity (Wildman–Crippen MR) is 134 cm³/mol. The Hall–Kier alpha value is -2.91. The Bertz CT molecular complexity index is 1150. The van der Waals surface area contributed by atoms with Crippen molar-refractivity contribution in [3.63, 3.8) is 0 Å². The van der Waals surface area contributed by atoms with Crippen molar-refractivity contribution in [3.8, 4) is 0 Å². The zero-order chi connectivity index (χ0) is 25.0. The Morgan fingerprint density at radius 1 is 0.886 bits per heavy atom. The highest BCUT2D eigenvalue weighted by Gasteiger charge is 2.32. The number of carbonyl (C=O) groups excluding carboxylic acids is 2. The predicted octanol–water partition coefficient (Wildman–Crippen LogP) is 3.45. The molecule has 2 aliphatic rings. The Labute approximate surface area is 207 Å². The van der Waals surface area contributed by atoms with E-state index in [0.717, 1.165) is 45.2 Å². The van der Waals surface area contributed by atoms with Crippen LogP contribution in [0.15, 0.2) is 53.4 Å². The number of rotatable bonds is 7. The molecule has 1 atom stereocenters. The second-order valence-electron chi connectivity index (χ2n) is 9.27. The van der Waals surface area contributed by atoms with Gasteiger partial charge in [-0.1, -0.05) is 36.8 Å². The molecule has 9 heteroatoms. The molecule has 0 N–H and O–H groups in total. The molecule has 0 spiro atoms. The van der Waals surface area contributed by atoms with Crippen molar-refractivity contribution in [3.05, 3.63) is 59.7 Å². The van der Waals surface area contributed by atoms with E-state index in [0.29, 0.717) is 24.3 Å². The number of carbonyl (C=O) groups is 2. The lowest BCUT2D eigenvalue weighted by Gasteiger charge is -2.27. The smallest absolute Gasteiger partial charge is 0.341 e. The Kier molecular flexibility index (Phi) is 7.76. The van der Waals surface area contributed by atoms with Crippen molar-refractivity contribution in [2.24, 2.45) is 0 Å². The molecule has 2 aliphatic heterocycles. The highest BCUT2D eigenvalue weighted by molar-refractivity contribution is 7.89. The number of benzene rings is 2. The summed E-state index contributed by atoms with van der Waals surface area (Å²) < 4.78 is 33.9. The maximum absolute atomic E-state index is 13.6. The Morgan fingerprint density at radius 2 is 1.51 bits per heavy atom. The topological polar surface area (TPSA) is 87.2 Å². The highest BCUT2D eigenvalue weighted by atomic mass is 32.2. The normalized spacial score (nSPS) is 17.7. The van der Waals surface area contributed by atoms with E-state index < -0.39 is 22.1 Å². The molecule has 188 valence electrons. The first-order chi connectivity index (χ1) is 16.8. The zero-order valence-electron chi connectivity index (χ0n) is 20.4. The zero-order valence-corrected chi connectivity index (χ0v) is 21.2. The van der Waals surface area contributed by atoms with Gasteiger partial charge in [-0.15, -0.1) is 0 Å². The van der Waals surface area contributed by atoms with E-state index in [2.05, 4.69) is 4.90 Å². The van der Waals surface area contributed by atoms with Crippen molar-refractivity contribution in [2.45, 2.75) is 43.1 Å². The third kappa shape index (κ3) is 5.51. The van der Waals surface area contributed by atoms with Gasteiger partial charge in [0.25, 0.3) is 5.91 Å². The summed E-state index contributed by atoms with van der Waals surface area (Å²) in [5, 5.41) is 0. The molecule has 0 aromatic heterocycles. The van der Waals surface area contributed by atoms with Gasteiger partial charge in [0, 0.05) is 45.8 Å². The lowest BCUT2D eigenvalue weighted by Crippen LogP contribution is -2.36. The van der Waals surface area contributed by atoms with Crippen LogP contribution in [-0.2, 0) is 19.6 Å². The summed E-state index contributed by atoms with van der Waals surface area (Å²) in [5.41, 5.74) is 1.35. The monoisotopic (exact) mass is 499 g/mol. The van der Waals surface area contributed by atoms with Gasteiger partial charge in [-0.2, -0.15) is 4.31 Å². The van der Waals surface area contributed by atoms with Crippen molar-refractivity contribution in [1.82, 2.24) is 9.21 Å². The molecule has 2 aromatic rings. The quantitative estimate of drug-likeness (QED) is 0.543. The minimum Gasteiger partial charge on any atom is -0.444 e. The number of ether oxygens (including phenoxy) is 1. The van der Waals surface area contributed by atoms with Crippen LogP contribution in [-0.4, -0.2) is 69.8 Å². The first kappa shape index (κ1) is 25.2. The molecule has 4 rings (SSSR count). The maximum Gasteiger partial charge on any atom is 0.341 e. The van der Waals surface area contributed by atoms with Gasteiger partial charge in [-0.25, -0.2) is 13.2 Å². The van der Waals surface area contributed by atoms with Gasteiger partial charge in [0.15, 0.2) is 0 Å². The van der Waals surface area contributed by atoms with Crippen LogP contribution in [0.3, 0.4) is 0 Å². The Balaban J connectivity index is 1.71. The fourth-order valence-corrected chi connectivity index (χ4v) is 6.16. The molecule has 35 heavy (non-hydrogen) atoms. The van der Waals surface area contributed by atoms with E-state index in [1.54, 1.807) is 50.5 Å². The summed E-state index contributed by atoms with van der Waals surface area (Å²) >= 11 is 0. The summed E-state index contributed by atoms with van der Waals surface area (Å²) in [6, 6.07) is 13.5. The summed E-state index contributed by atoms with van der Waals surface area (Å²) in [6.45, 7) is 2.50. The van der Waals surface area contributed by atoms with E-state index in [1.165, 1.54) is 15.3 Å². The minimum absolute atomic E-state index is 0.0736. The third-order valence-electron chi connectivity index (χ3n) is 6.58. The average molecular weight is 500 g/mol. The molecule has 0 bridgehead atoms. The molecule has 2 heterocycles. The van der Waals surface area contributed by atoms with Crippen molar-refractivity contribution >= 4 is 27.6 Å². The van der Waals surface area contributed by atoms with E-state index >= 15 is 0 Å². The lowest BCUT2D eigenvalue weighted by molar-refractivity contribution is -0.138. The van der Waals surface area contributed by atoms with Crippen LogP contribution in [0.25, 0.3) is 0 Å². The van der Waals surface area contributed by atoms with Crippen LogP contribution in [0.1, 0.15) is 54.1 Å². The van der Waals surface area contributed by atoms with Gasteiger partial charge in [-0.3, -0.25) is 4.79 Å². The number of nitrogens with zero attached hydrogens (tertiary/aromatic N) is 3. The fraction of sp³-hybridized carbons (Fsp3) is 0.462. The number of amides is 1. The van der Waals surface area contributed by atoms with E-state index in [4.69, 9.17) is 4.74 Å². The van der Waals surface area contributed by atoms with Gasteiger partial charge in [-0.05, 0) is 43.9 Å². The van der Waals surface area contributed by atoms with Crippen LogP contribution < -0.4 is 4.90 Å². The largest absolute Gasteiger partial charge is 0.444 e. The third-order valence-corrected chi connectivity index (χ3v) is 8.47. The first-order valence-electron chi connectivity index (χ1n) is 12.2. The number of sulfonamides is 1. The molecule has 2 aromatic carbocycles. The Morgan fingerprint density at radius 3 is 2.14 bits per heavy atom. The minimum atomic E-state index is -3.74. The first-order valence-corrected chi connectivity index (χ1v) is 13.6. The van der Waals surface area contributed by atoms with Crippen LogP contribution in [0.4, 0.5) is 5.69 Å². The molecule has 0 aliphatic carbocycles. The number of piperidine rings is 1. The molecular formula is C26H33N3O5S.